The zero-order valence-corrected chi connectivity index (χ0v) is 13.5. The highest BCUT2D eigenvalue weighted by Gasteiger charge is 2.29. The molecule has 2 aliphatic rings. The molecule has 1 saturated heterocycles. The van der Waals surface area contributed by atoms with Crippen molar-refractivity contribution in [1.82, 2.24) is 15.2 Å². The maximum absolute atomic E-state index is 5.98. The van der Waals surface area contributed by atoms with E-state index < -0.39 is 0 Å². The highest BCUT2D eigenvalue weighted by molar-refractivity contribution is 7.11. The minimum absolute atomic E-state index is 0.166. The zero-order valence-electron chi connectivity index (χ0n) is 12.7. The first-order valence-corrected chi connectivity index (χ1v) is 8.53. The Bertz CT molecular complexity index is 460. The van der Waals surface area contributed by atoms with Crippen LogP contribution >= 0.6 is 11.3 Å². The lowest BCUT2D eigenvalue weighted by Crippen LogP contribution is -2.42. The molecule has 5 heteroatoms. The molecule has 1 aromatic rings. The van der Waals surface area contributed by atoms with Crippen molar-refractivity contribution in [2.24, 2.45) is 0 Å². The number of rotatable bonds is 3. The molecule has 1 aliphatic carbocycles. The molecule has 0 bridgehead atoms. The van der Waals surface area contributed by atoms with Gasteiger partial charge in [0, 0.05) is 24.0 Å². The second-order valence-electron chi connectivity index (χ2n) is 6.04. The fraction of sp³-hybridized carbons (Fsp3) is 0.800. The molecule has 4 nitrogen and oxygen atoms in total. The highest BCUT2D eigenvalue weighted by atomic mass is 32.1. The molecule has 0 spiro atoms. The molecule has 0 radical (unpaired) electrons. The van der Waals surface area contributed by atoms with Crippen LogP contribution in [0.5, 0.6) is 0 Å². The smallest absolute Gasteiger partial charge is 0.123 e. The summed E-state index contributed by atoms with van der Waals surface area (Å²) < 4.78 is 5.98. The third-order valence-electron chi connectivity index (χ3n) is 4.42. The largest absolute Gasteiger partial charge is 0.368 e. The van der Waals surface area contributed by atoms with E-state index in [1.54, 1.807) is 0 Å². The number of thiazole rings is 1. The molecule has 20 heavy (non-hydrogen) atoms. The molecule has 1 aliphatic heterocycles. The van der Waals surface area contributed by atoms with E-state index in [0.717, 1.165) is 19.7 Å². The standard InChI is InChI=1S/C15H25N3OS/c1-10(2)18-7-8-19-12(9-18)15-17-14-11(16-3)5-4-6-13(14)20-15/h10-12,16H,4-9H2,1-3H3. The quantitative estimate of drug-likeness (QED) is 0.930. The van der Waals surface area contributed by atoms with Gasteiger partial charge in [-0.05, 0) is 40.2 Å². The summed E-state index contributed by atoms with van der Waals surface area (Å²) in [5, 5.41) is 4.58. The highest BCUT2D eigenvalue weighted by Crippen LogP contribution is 2.36. The normalized spacial score (nSPS) is 27.8. The summed E-state index contributed by atoms with van der Waals surface area (Å²) in [6.07, 6.45) is 3.82. The molecular formula is C15H25N3OS. The van der Waals surface area contributed by atoms with Gasteiger partial charge in [0.1, 0.15) is 11.1 Å². The molecule has 1 aromatic heterocycles. The van der Waals surface area contributed by atoms with Crippen LogP contribution in [0.3, 0.4) is 0 Å². The third-order valence-corrected chi connectivity index (χ3v) is 5.65. The summed E-state index contributed by atoms with van der Waals surface area (Å²) in [4.78, 5) is 8.88. The van der Waals surface area contributed by atoms with E-state index >= 15 is 0 Å². The van der Waals surface area contributed by atoms with Crippen LogP contribution in [0.1, 0.15) is 54.4 Å². The lowest BCUT2D eigenvalue weighted by Gasteiger charge is -2.34. The fourth-order valence-electron chi connectivity index (χ4n) is 3.14. The van der Waals surface area contributed by atoms with E-state index in [4.69, 9.17) is 9.72 Å². The number of hydrogen-bond acceptors (Lipinski definition) is 5. The van der Waals surface area contributed by atoms with Gasteiger partial charge in [0.15, 0.2) is 0 Å². The molecule has 2 atom stereocenters. The predicted octanol–water partition coefficient (Wildman–Crippen LogP) is 2.52. The Morgan fingerprint density at radius 2 is 2.30 bits per heavy atom. The maximum atomic E-state index is 5.98. The number of aryl methyl sites for hydroxylation is 1. The first-order valence-electron chi connectivity index (χ1n) is 7.71. The van der Waals surface area contributed by atoms with Crippen LogP contribution in [0.2, 0.25) is 0 Å². The van der Waals surface area contributed by atoms with Crippen LogP contribution in [-0.4, -0.2) is 42.7 Å². The molecule has 112 valence electrons. The monoisotopic (exact) mass is 295 g/mol. The lowest BCUT2D eigenvalue weighted by molar-refractivity contribution is -0.0403. The van der Waals surface area contributed by atoms with Crippen molar-refractivity contribution in [2.75, 3.05) is 26.7 Å². The van der Waals surface area contributed by atoms with Gasteiger partial charge in [0.2, 0.25) is 0 Å². The molecule has 0 saturated carbocycles. The number of nitrogens with zero attached hydrogens (tertiary/aromatic N) is 2. The van der Waals surface area contributed by atoms with Gasteiger partial charge in [-0.15, -0.1) is 11.3 Å². The molecular weight excluding hydrogens is 270 g/mol. The Morgan fingerprint density at radius 1 is 1.45 bits per heavy atom. The fourth-order valence-corrected chi connectivity index (χ4v) is 4.35. The van der Waals surface area contributed by atoms with Gasteiger partial charge in [-0.25, -0.2) is 4.98 Å². The van der Waals surface area contributed by atoms with Crippen LogP contribution in [0.25, 0.3) is 0 Å². The Labute approximate surface area is 125 Å². The molecule has 0 aromatic carbocycles. The molecule has 2 unspecified atom stereocenters. The summed E-state index contributed by atoms with van der Waals surface area (Å²) in [5.74, 6) is 0. The van der Waals surface area contributed by atoms with Crippen molar-refractivity contribution >= 4 is 11.3 Å². The second kappa shape index (κ2) is 6.10. The number of ether oxygens (including phenoxy) is 1. The minimum atomic E-state index is 0.166. The van der Waals surface area contributed by atoms with Crippen LogP contribution < -0.4 is 5.32 Å². The number of hydrogen-bond donors (Lipinski definition) is 1. The van der Waals surface area contributed by atoms with Gasteiger partial charge in [-0.3, -0.25) is 4.90 Å². The van der Waals surface area contributed by atoms with E-state index in [2.05, 4.69) is 24.1 Å². The van der Waals surface area contributed by atoms with Crippen LogP contribution in [0.15, 0.2) is 0 Å². The third kappa shape index (κ3) is 2.77. The van der Waals surface area contributed by atoms with Crippen molar-refractivity contribution in [3.8, 4) is 0 Å². The van der Waals surface area contributed by atoms with Crippen molar-refractivity contribution < 1.29 is 4.74 Å². The van der Waals surface area contributed by atoms with Gasteiger partial charge >= 0.3 is 0 Å². The van der Waals surface area contributed by atoms with Crippen LogP contribution in [-0.2, 0) is 11.2 Å². The predicted molar refractivity (Wildman–Crippen MR) is 82.3 cm³/mol. The number of aromatic nitrogens is 1. The van der Waals surface area contributed by atoms with Crippen molar-refractivity contribution in [3.63, 3.8) is 0 Å². The van der Waals surface area contributed by atoms with Gasteiger partial charge in [-0.2, -0.15) is 0 Å². The summed E-state index contributed by atoms with van der Waals surface area (Å²) in [5.41, 5.74) is 1.28. The minimum Gasteiger partial charge on any atom is -0.368 e. The SMILES string of the molecule is CNC1CCCc2sc(C3CN(C(C)C)CCO3)nc21. The number of fused-ring (bicyclic) bond motifs is 1. The van der Waals surface area contributed by atoms with Gasteiger partial charge in [0.25, 0.3) is 0 Å². The van der Waals surface area contributed by atoms with Gasteiger partial charge in [0.05, 0.1) is 18.3 Å². The van der Waals surface area contributed by atoms with E-state index in [1.165, 1.54) is 34.8 Å². The molecule has 0 amide bonds. The Balaban J connectivity index is 1.79. The van der Waals surface area contributed by atoms with Gasteiger partial charge < -0.3 is 10.1 Å². The van der Waals surface area contributed by atoms with E-state index in [9.17, 15) is 0 Å². The Kier molecular flexibility index (Phi) is 4.40. The summed E-state index contributed by atoms with van der Waals surface area (Å²) in [6, 6.07) is 1.02. The summed E-state index contributed by atoms with van der Waals surface area (Å²) >= 11 is 1.87. The Hall–Kier alpha value is -0.490. The lowest BCUT2D eigenvalue weighted by atomic mass is 9.98. The first kappa shape index (κ1) is 14.4. The topological polar surface area (TPSA) is 37.4 Å². The zero-order chi connectivity index (χ0) is 14.1. The average molecular weight is 295 g/mol. The number of morpholine rings is 1. The van der Waals surface area contributed by atoms with Gasteiger partial charge in [-0.1, -0.05) is 0 Å². The second-order valence-corrected chi connectivity index (χ2v) is 7.16. The van der Waals surface area contributed by atoms with Crippen molar-refractivity contribution in [3.05, 3.63) is 15.6 Å². The molecule has 2 heterocycles. The maximum Gasteiger partial charge on any atom is 0.123 e. The molecule has 1 fully saturated rings. The summed E-state index contributed by atoms with van der Waals surface area (Å²) in [7, 11) is 2.04. The Morgan fingerprint density at radius 3 is 3.05 bits per heavy atom. The van der Waals surface area contributed by atoms with E-state index in [-0.39, 0.29) is 6.10 Å². The summed E-state index contributed by atoms with van der Waals surface area (Å²) in [6.45, 7) is 7.35. The first-order chi connectivity index (χ1) is 9.69. The number of nitrogens with one attached hydrogen (secondary N) is 1. The van der Waals surface area contributed by atoms with Crippen LogP contribution in [0, 0.1) is 0 Å². The molecule has 1 N–H and O–H groups in total. The van der Waals surface area contributed by atoms with Crippen molar-refractivity contribution in [1.29, 1.82) is 0 Å². The molecule has 3 rings (SSSR count). The van der Waals surface area contributed by atoms with E-state index in [0.29, 0.717) is 12.1 Å². The van der Waals surface area contributed by atoms with Crippen molar-refractivity contribution in [2.45, 2.75) is 51.3 Å². The van der Waals surface area contributed by atoms with E-state index in [1.807, 2.05) is 18.4 Å². The average Bonchev–Trinajstić information content (AvgIpc) is 2.91. The van der Waals surface area contributed by atoms with Crippen LogP contribution in [0.4, 0.5) is 0 Å².